The van der Waals surface area contributed by atoms with Crippen molar-refractivity contribution in [1.29, 1.82) is 5.26 Å². The predicted molar refractivity (Wildman–Crippen MR) is 75.4 cm³/mol. The van der Waals surface area contributed by atoms with Crippen molar-refractivity contribution in [2.24, 2.45) is 0 Å². The van der Waals surface area contributed by atoms with Gasteiger partial charge in [0.1, 0.15) is 0 Å². The van der Waals surface area contributed by atoms with Crippen LogP contribution < -0.4 is 0 Å². The Labute approximate surface area is 111 Å². The van der Waals surface area contributed by atoms with Crippen molar-refractivity contribution in [2.45, 2.75) is 4.90 Å². The van der Waals surface area contributed by atoms with Gasteiger partial charge in [-0.1, -0.05) is 24.0 Å². The van der Waals surface area contributed by atoms with Crippen LogP contribution in [0.15, 0.2) is 53.4 Å². The van der Waals surface area contributed by atoms with E-state index in [1.54, 1.807) is 23.9 Å². The van der Waals surface area contributed by atoms with Crippen LogP contribution in [0.2, 0.25) is 0 Å². The highest BCUT2D eigenvalue weighted by Gasteiger charge is 1.95. The first-order valence-electron chi connectivity index (χ1n) is 5.48. The molecule has 1 nitrogen and oxygen atoms in total. The maximum Gasteiger partial charge on any atom is 0.0991 e. The molecule has 0 N–H and O–H groups in total. The zero-order chi connectivity index (χ0) is 12.8. The molecule has 0 aliphatic carbocycles. The molecule has 0 amide bonds. The van der Waals surface area contributed by atoms with Gasteiger partial charge in [0.15, 0.2) is 0 Å². The van der Waals surface area contributed by atoms with Gasteiger partial charge in [-0.25, -0.2) is 0 Å². The molecule has 0 heterocycles. The number of thioether (sulfide) groups is 1. The van der Waals surface area contributed by atoms with Crippen LogP contribution in [0.3, 0.4) is 0 Å². The summed E-state index contributed by atoms with van der Waals surface area (Å²) in [6.45, 7) is 0. The minimum Gasteiger partial charge on any atom is -0.192 e. The SMILES string of the molecule is CSc1ccccc1C#Cc1ccc(C#N)cc1. The first-order valence-corrected chi connectivity index (χ1v) is 6.71. The van der Waals surface area contributed by atoms with Gasteiger partial charge in [0.25, 0.3) is 0 Å². The molecule has 0 spiro atoms. The number of hydrogen-bond donors (Lipinski definition) is 0. The maximum atomic E-state index is 8.72. The normalized spacial score (nSPS) is 9.11. The molecular formula is C16H11NS. The fourth-order valence-electron chi connectivity index (χ4n) is 1.52. The summed E-state index contributed by atoms with van der Waals surface area (Å²) in [5, 5.41) is 8.72. The lowest BCUT2D eigenvalue weighted by Gasteiger charge is -1.98. The average Bonchev–Trinajstić information content (AvgIpc) is 2.46. The molecule has 2 rings (SSSR count). The number of hydrogen-bond acceptors (Lipinski definition) is 2. The summed E-state index contributed by atoms with van der Waals surface area (Å²) in [5.74, 6) is 6.28. The Morgan fingerprint density at radius 2 is 1.56 bits per heavy atom. The number of nitriles is 1. The van der Waals surface area contributed by atoms with Crippen LogP contribution in [0.5, 0.6) is 0 Å². The van der Waals surface area contributed by atoms with Gasteiger partial charge >= 0.3 is 0 Å². The second-order valence-corrected chi connectivity index (χ2v) is 4.49. The van der Waals surface area contributed by atoms with Crippen molar-refractivity contribution in [1.82, 2.24) is 0 Å². The summed E-state index contributed by atoms with van der Waals surface area (Å²) < 4.78 is 0. The van der Waals surface area contributed by atoms with E-state index >= 15 is 0 Å². The van der Waals surface area contributed by atoms with Crippen LogP contribution in [0.25, 0.3) is 0 Å². The zero-order valence-corrected chi connectivity index (χ0v) is 10.8. The van der Waals surface area contributed by atoms with Crippen LogP contribution in [-0.2, 0) is 0 Å². The van der Waals surface area contributed by atoms with Gasteiger partial charge in [0.2, 0.25) is 0 Å². The van der Waals surface area contributed by atoms with Crippen molar-refractivity contribution in [3.63, 3.8) is 0 Å². The Bertz CT molecular complexity index is 639. The molecule has 0 fully saturated rings. The summed E-state index contributed by atoms with van der Waals surface area (Å²) in [6.07, 6.45) is 2.04. The summed E-state index contributed by atoms with van der Waals surface area (Å²) in [6, 6.07) is 17.5. The van der Waals surface area contributed by atoms with Crippen LogP contribution in [0.1, 0.15) is 16.7 Å². The first kappa shape index (κ1) is 12.3. The lowest BCUT2D eigenvalue weighted by molar-refractivity contribution is 1.42. The van der Waals surface area contributed by atoms with E-state index in [2.05, 4.69) is 24.0 Å². The third-order valence-corrected chi connectivity index (χ3v) is 3.26. The van der Waals surface area contributed by atoms with E-state index in [9.17, 15) is 0 Å². The van der Waals surface area contributed by atoms with Gasteiger partial charge in [0, 0.05) is 16.0 Å². The predicted octanol–water partition coefficient (Wildman–Crippen LogP) is 3.68. The molecule has 2 aromatic rings. The van der Waals surface area contributed by atoms with Crippen LogP contribution in [-0.4, -0.2) is 6.26 Å². The lowest BCUT2D eigenvalue weighted by atomic mass is 10.1. The van der Waals surface area contributed by atoms with E-state index in [1.165, 1.54) is 4.90 Å². The Hall–Kier alpha value is -2.16. The molecule has 0 saturated carbocycles. The first-order chi connectivity index (χ1) is 8.83. The molecule has 0 saturated heterocycles. The number of rotatable bonds is 1. The topological polar surface area (TPSA) is 23.8 Å². The van der Waals surface area contributed by atoms with Crippen molar-refractivity contribution in [2.75, 3.05) is 6.26 Å². The summed E-state index contributed by atoms with van der Waals surface area (Å²) in [5.41, 5.74) is 2.62. The number of nitrogens with zero attached hydrogens (tertiary/aromatic N) is 1. The molecule has 0 bridgehead atoms. The smallest absolute Gasteiger partial charge is 0.0991 e. The fourth-order valence-corrected chi connectivity index (χ4v) is 2.07. The Morgan fingerprint density at radius 3 is 2.22 bits per heavy atom. The molecule has 0 aliphatic heterocycles. The highest BCUT2D eigenvalue weighted by atomic mass is 32.2. The summed E-state index contributed by atoms with van der Waals surface area (Å²) >= 11 is 1.69. The average molecular weight is 249 g/mol. The molecule has 0 radical (unpaired) electrons. The van der Waals surface area contributed by atoms with Crippen molar-refractivity contribution in [3.8, 4) is 17.9 Å². The second kappa shape index (κ2) is 5.96. The monoisotopic (exact) mass is 249 g/mol. The molecule has 18 heavy (non-hydrogen) atoms. The van der Waals surface area contributed by atoms with Crippen molar-refractivity contribution < 1.29 is 0 Å². The van der Waals surface area contributed by atoms with Crippen LogP contribution in [0, 0.1) is 23.2 Å². The molecular weight excluding hydrogens is 238 g/mol. The summed E-state index contributed by atoms with van der Waals surface area (Å²) in [4.78, 5) is 1.18. The molecule has 2 heteroatoms. The van der Waals surface area contributed by atoms with Gasteiger partial charge in [-0.15, -0.1) is 11.8 Å². The Kier molecular flexibility index (Phi) is 4.07. The quantitative estimate of drug-likeness (QED) is 0.568. The van der Waals surface area contributed by atoms with E-state index in [0.717, 1.165) is 11.1 Å². The van der Waals surface area contributed by atoms with Crippen molar-refractivity contribution >= 4 is 11.8 Å². The fraction of sp³-hybridized carbons (Fsp3) is 0.0625. The minimum absolute atomic E-state index is 0.657. The van der Waals surface area contributed by atoms with E-state index in [4.69, 9.17) is 5.26 Å². The largest absolute Gasteiger partial charge is 0.192 e. The molecule has 0 aliphatic rings. The lowest BCUT2D eigenvalue weighted by Crippen LogP contribution is -1.80. The number of benzene rings is 2. The van der Waals surface area contributed by atoms with E-state index in [1.807, 2.05) is 36.6 Å². The van der Waals surface area contributed by atoms with Crippen molar-refractivity contribution in [3.05, 3.63) is 65.2 Å². The highest BCUT2D eigenvalue weighted by Crippen LogP contribution is 2.18. The summed E-state index contributed by atoms with van der Waals surface area (Å²) in [7, 11) is 0. The maximum absolute atomic E-state index is 8.72. The van der Waals surface area contributed by atoms with E-state index in [-0.39, 0.29) is 0 Å². The van der Waals surface area contributed by atoms with Gasteiger partial charge in [-0.05, 0) is 42.7 Å². The van der Waals surface area contributed by atoms with Crippen LogP contribution >= 0.6 is 11.8 Å². The Balaban J connectivity index is 2.28. The van der Waals surface area contributed by atoms with E-state index < -0.39 is 0 Å². The molecule has 86 valence electrons. The standard InChI is InChI=1S/C16H11NS/c1-18-16-5-3-2-4-15(16)11-10-13-6-8-14(12-17)9-7-13/h2-9H,1H3. The molecule has 0 unspecified atom stereocenters. The van der Waals surface area contributed by atoms with E-state index in [0.29, 0.717) is 5.56 Å². The molecule has 2 aromatic carbocycles. The second-order valence-electron chi connectivity index (χ2n) is 3.64. The van der Waals surface area contributed by atoms with Gasteiger partial charge in [-0.2, -0.15) is 5.26 Å². The third kappa shape index (κ3) is 2.94. The van der Waals surface area contributed by atoms with Gasteiger partial charge in [-0.3, -0.25) is 0 Å². The minimum atomic E-state index is 0.657. The molecule has 0 atom stereocenters. The molecule has 0 aromatic heterocycles. The van der Waals surface area contributed by atoms with Crippen LogP contribution in [0.4, 0.5) is 0 Å². The third-order valence-electron chi connectivity index (χ3n) is 2.46. The highest BCUT2D eigenvalue weighted by molar-refractivity contribution is 7.98. The Morgan fingerprint density at radius 1 is 0.889 bits per heavy atom. The zero-order valence-electron chi connectivity index (χ0n) is 9.97. The van der Waals surface area contributed by atoms with Gasteiger partial charge in [0.05, 0.1) is 11.6 Å². The van der Waals surface area contributed by atoms with Gasteiger partial charge < -0.3 is 0 Å².